The molecule has 0 bridgehead atoms. The second kappa shape index (κ2) is 6.64. The van der Waals surface area contributed by atoms with E-state index in [4.69, 9.17) is 11.6 Å². The van der Waals surface area contributed by atoms with Crippen LogP contribution in [0.1, 0.15) is 26.3 Å². The second-order valence-corrected chi connectivity index (χ2v) is 7.28. The number of carbonyl (C=O) groups excluding carboxylic acids is 2. The van der Waals surface area contributed by atoms with Crippen molar-refractivity contribution >= 4 is 40.1 Å². The predicted octanol–water partition coefficient (Wildman–Crippen LogP) is 5.10. The van der Waals surface area contributed by atoms with E-state index in [1.165, 1.54) is 12.3 Å². The summed E-state index contributed by atoms with van der Waals surface area (Å²) >= 11 is 5.94. The number of alkyl halides is 3. The minimum absolute atomic E-state index is 0.00785. The number of H-pyrrole nitrogens is 1. The van der Waals surface area contributed by atoms with Gasteiger partial charge in [0.15, 0.2) is 5.65 Å². The van der Waals surface area contributed by atoms with Crippen LogP contribution in [0, 0.1) is 0 Å². The molecule has 0 atom stereocenters. The molecule has 0 radical (unpaired) electrons. The second-order valence-electron chi connectivity index (χ2n) is 6.84. The number of nitrogens with one attached hydrogen (secondary N) is 1. The van der Waals surface area contributed by atoms with Gasteiger partial charge < -0.3 is 0 Å². The zero-order valence-electron chi connectivity index (χ0n) is 15.4. The molecule has 3 heterocycles. The Bertz CT molecular complexity index is 1380. The fourth-order valence-electron chi connectivity index (χ4n) is 3.58. The molecular weight excluding hydrogens is 433 g/mol. The molecular formula is C21H10ClF3N4O2. The first-order chi connectivity index (χ1) is 14.8. The van der Waals surface area contributed by atoms with Crippen molar-refractivity contribution in [1.82, 2.24) is 15.2 Å². The number of anilines is 1. The van der Waals surface area contributed by atoms with Gasteiger partial charge in [0.25, 0.3) is 11.8 Å². The number of imide groups is 1. The molecule has 0 spiro atoms. The number of aromatic amines is 1. The first kappa shape index (κ1) is 19.3. The Labute approximate surface area is 177 Å². The van der Waals surface area contributed by atoms with Crippen LogP contribution in [-0.4, -0.2) is 27.0 Å². The summed E-state index contributed by atoms with van der Waals surface area (Å²) in [5, 5.41) is 7.74. The number of rotatable bonds is 2. The molecule has 5 rings (SSSR count). The topological polar surface area (TPSA) is 79.0 Å². The number of hydrogen-bond donors (Lipinski definition) is 1. The van der Waals surface area contributed by atoms with Crippen molar-refractivity contribution in [1.29, 1.82) is 0 Å². The average molecular weight is 443 g/mol. The zero-order chi connectivity index (χ0) is 21.9. The van der Waals surface area contributed by atoms with Gasteiger partial charge in [-0.1, -0.05) is 29.8 Å². The molecule has 0 saturated heterocycles. The van der Waals surface area contributed by atoms with Crippen LogP contribution in [0.25, 0.3) is 22.3 Å². The van der Waals surface area contributed by atoms with E-state index in [1.807, 2.05) is 0 Å². The van der Waals surface area contributed by atoms with E-state index in [1.54, 1.807) is 24.3 Å². The van der Waals surface area contributed by atoms with Crippen molar-refractivity contribution in [3.8, 4) is 11.3 Å². The summed E-state index contributed by atoms with van der Waals surface area (Å²) in [5.74, 6) is -1.50. The third-order valence-electron chi connectivity index (χ3n) is 5.00. The molecule has 6 nitrogen and oxygen atoms in total. The van der Waals surface area contributed by atoms with E-state index >= 15 is 0 Å². The highest BCUT2D eigenvalue weighted by atomic mass is 35.5. The fourth-order valence-corrected chi connectivity index (χ4v) is 3.70. The summed E-state index contributed by atoms with van der Waals surface area (Å²) in [7, 11) is 0. The fraction of sp³-hybridized carbons (Fsp3) is 0.0476. The number of aromatic nitrogens is 3. The highest BCUT2D eigenvalue weighted by Crippen LogP contribution is 2.38. The molecule has 31 heavy (non-hydrogen) atoms. The number of halogens is 4. The highest BCUT2D eigenvalue weighted by Gasteiger charge is 2.41. The average Bonchev–Trinajstić information content (AvgIpc) is 3.27. The van der Waals surface area contributed by atoms with Crippen LogP contribution in [-0.2, 0) is 6.18 Å². The van der Waals surface area contributed by atoms with Crippen LogP contribution < -0.4 is 4.90 Å². The lowest BCUT2D eigenvalue weighted by Crippen LogP contribution is -2.29. The Morgan fingerprint density at radius 1 is 1.00 bits per heavy atom. The summed E-state index contributed by atoms with van der Waals surface area (Å²) in [4.78, 5) is 31.1. The van der Waals surface area contributed by atoms with E-state index < -0.39 is 23.6 Å². The number of pyridine rings is 1. The molecule has 0 unspecified atom stereocenters. The van der Waals surface area contributed by atoms with Gasteiger partial charge in [0.2, 0.25) is 0 Å². The van der Waals surface area contributed by atoms with Gasteiger partial charge >= 0.3 is 6.18 Å². The van der Waals surface area contributed by atoms with Crippen LogP contribution in [0.4, 0.5) is 18.9 Å². The minimum Gasteiger partial charge on any atom is -0.275 e. The van der Waals surface area contributed by atoms with Crippen molar-refractivity contribution in [3.05, 3.63) is 76.4 Å². The lowest BCUT2D eigenvalue weighted by molar-refractivity contribution is -0.137. The van der Waals surface area contributed by atoms with Crippen LogP contribution in [0.3, 0.4) is 0 Å². The zero-order valence-corrected chi connectivity index (χ0v) is 16.1. The van der Waals surface area contributed by atoms with Crippen LogP contribution >= 0.6 is 11.6 Å². The van der Waals surface area contributed by atoms with E-state index in [0.717, 1.165) is 23.1 Å². The van der Waals surface area contributed by atoms with Crippen LogP contribution in [0.2, 0.25) is 5.02 Å². The molecule has 154 valence electrons. The molecule has 4 aromatic rings. The van der Waals surface area contributed by atoms with Crippen molar-refractivity contribution < 1.29 is 22.8 Å². The Balaban J connectivity index is 1.68. The van der Waals surface area contributed by atoms with Crippen molar-refractivity contribution in [3.63, 3.8) is 0 Å². The maximum absolute atomic E-state index is 13.3. The third kappa shape index (κ3) is 2.97. The molecule has 10 heteroatoms. The largest absolute Gasteiger partial charge is 0.416 e. The molecule has 2 aromatic carbocycles. The van der Waals surface area contributed by atoms with Gasteiger partial charge in [-0.15, -0.1) is 0 Å². The maximum Gasteiger partial charge on any atom is 0.416 e. The molecule has 1 N–H and O–H groups in total. The Morgan fingerprint density at radius 2 is 1.74 bits per heavy atom. The Kier molecular flexibility index (Phi) is 4.13. The van der Waals surface area contributed by atoms with E-state index in [-0.39, 0.29) is 22.5 Å². The molecule has 0 aliphatic carbocycles. The summed E-state index contributed by atoms with van der Waals surface area (Å²) < 4.78 is 39.4. The molecule has 0 fully saturated rings. The van der Waals surface area contributed by atoms with Gasteiger partial charge in [-0.3, -0.25) is 14.7 Å². The summed E-state index contributed by atoms with van der Waals surface area (Å²) in [6, 6.07) is 10.8. The van der Waals surface area contributed by atoms with Gasteiger partial charge in [-0.2, -0.15) is 18.3 Å². The number of nitrogens with zero attached hydrogens (tertiary/aromatic N) is 3. The Morgan fingerprint density at radius 3 is 2.45 bits per heavy atom. The normalized spacial score (nSPS) is 13.9. The summed E-state index contributed by atoms with van der Waals surface area (Å²) in [6.07, 6.45) is -3.41. The van der Waals surface area contributed by atoms with Gasteiger partial charge in [0, 0.05) is 16.8 Å². The van der Waals surface area contributed by atoms with E-state index in [0.29, 0.717) is 21.7 Å². The number of amides is 2. The summed E-state index contributed by atoms with van der Waals surface area (Å²) in [5.41, 5.74) is 0.192. The lowest BCUT2D eigenvalue weighted by atomic mass is 10.0. The number of carbonyl (C=O) groups is 2. The van der Waals surface area contributed by atoms with E-state index in [9.17, 15) is 22.8 Å². The van der Waals surface area contributed by atoms with E-state index in [2.05, 4.69) is 15.2 Å². The van der Waals surface area contributed by atoms with Gasteiger partial charge in [-0.25, -0.2) is 9.88 Å². The third-order valence-corrected chi connectivity index (χ3v) is 5.25. The number of hydrogen-bond acceptors (Lipinski definition) is 4. The van der Waals surface area contributed by atoms with Crippen LogP contribution in [0.15, 0.2) is 54.7 Å². The summed E-state index contributed by atoms with van der Waals surface area (Å²) in [6.45, 7) is 0. The molecule has 2 aromatic heterocycles. The monoisotopic (exact) mass is 442 g/mol. The SMILES string of the molecule is O=C1c2cnc3n[nH]c(-c4ccc(Cl)cc4)c3c2C(=O)N1c1cccc(C(F)(F)F)c1. The van der Waals surface area contributed by atoms with Crippen molar-refractivity contribution in [2.75, 3.05) is 4.90 Å². The van der Waals surface area contributed by atoms with Gasteiger partial charge in [0.1, 0.15) is 0 Å². The predicted molar refractivity (Wildman–Crippen MR) is 107 cm³/mol. The molecule has 1 aliphatic heterocycles. The van der Waals surface area contributed by atoms with Gasteiger partial charge in [0.05, 0.1) is 33.5 Å². The van der Waals surface area contributed by atoms with Gasteiger partial charge in [-0.05, 0) is 30.3 Å². The minimum atomic E-state index is -4.62. The quantitative estimate of drug-likeness (QED) is 0.438. The Hall–Kier alpha value is -3.72. The lowest BCUT2D eigenvalue weighted by Gasteiger charge is -2.16. The highest BCUT2D eigenvalue weighted by molar-refractivity contribution is 6.38. The van der Waals surface area contributed by atoms with Crippen molar-refractivity contribution in [2.24, 2.45) is 0 Å². The first-order valence-electron chi connectivity index (χ1n) is 8.95. The smallest absolute Gasteiger partial charge is 0.275 e. The van der Waals surface area contributed by atoms with Crippen molar-refractivity contribution in [2.45, 2.75) is 6.18 Å². The standard InChI is InChI=1S/C21H10ClF3N4O2/c22-12-6-4-10(5-7-12)17-16-15-14(9-26-18(16)28-27-17)19(30)29(20(15)31)13-3-1-2-11(8-13)21(23,24)25/h1-9H,(H,26,27,28). The first-order valence-corrected chi connectivity index (χ1v) is 9.32. The molecule has 2 amide bonds. The number of fused-ring (bicyclic) bond motifs is 3. The maximum atomic E-state index is 13.3. The number of benzene rings is 2. The van der Waals surface area contributed by atoms with Crippen LogP contribution in [0.5, 0.6) is 0 Å². The molecule has 1 aliphatic rings. The molecule has 0 saturated carbocycles.